The summed E-state index contributed by atoms with van der Waals surface area (Å²) in [6.45, 7) is 6.49. The molecule has 0 aliphatic rings. The zero-order valence-electron chi connectivity index (χ0n) is 49.5. The number of esters is 3. The average Bonchev–Trinajstić information content (AvgIpc) is 3.42. The Hall–Kier alpha value is -4.19. The first kappa shape index (κ1) is 71.8. The van der Waals surface area contributed by atoms with Crippen molar-refractivity contribution in [2.24, 2.45) is 0 Å². The number of carbonyl (C=O) groups excluding carboxylic acids is 3. The Balaban J connectivity index is 4.27. The monoisotopic (exact) mass is 1050 g/mol. The van der Waals surface area contributed by atoms with Gasteiger partial charge in [-0.1, -0.05) is 271 Å². The van der Waals surface area contributed by atoms with Gasteiger partial charge in [0.05, 0.1) is 0 Å². The molecule has 0 saturated heterocycles. The van der Waals surface area contributed by atoms with Crippen molar-refractivity contribution in [1.29, 1.82) is 0 Å². The van der Waals surface area contributed by atoms with Crippen LogP contribution in [0.2, 0.25) is 0 Å². The highest BCUT2D eigenvalue weighted by Gasteiger charge is 2.19. The van der Waals surface area contributed by atoms with Crippen molar-refractivity contribution in [3.05, 3.63) is 122 Å². The van der Waals surface area contributed by atoms with E-state index in [1.807, 2.05) is 0 Å². The van der Waals surface area contributed by atoms with Crippen LogP contribution < -0.4 is 0 Å². The lowest BCUT2D eigenvalue weighted by atomic mass is 10.1. The second kappa shape index (κ2) is 63.3. The molecule has 0 aromatic heterocycles. The lowest BCUT2D eigenvalue weighted by molar-refractivity contribution is -0.167. The molecule has 0 spiro atoms. The topological polar surface area (TPSA) is 78.9 Å². The number of hydrogen-bond acceptors (Lipinski definition) is 6. The van der Waals surface area contributed by atoms with Crippen molar-refractivity contribution >= 4 is 17.9 Å². The number of allylic oxidation sites excluding steroid dienone is 20. The minimum absolute atomic E-state index is 0.0869. The molecule has 0 fully saturated rings. The second-order valence-electron chi connectivity index (χ2n) is 20.6. The third kappa shape index (κ3) is 60.7. The summed E-state index contributed by atoms with van der Waals surface area (Å²) in [5.74, 6) is -0.914. The van der Waals surface area contributed by atoms with Gasteiger partial charge in [0.1, 0.15) is 13.2 Å². The van der Waals surface area contributed by atoms with Crippen molar-refractivity contribution in [1.82, 2.24) is 0 Å². The predicted molar refractivity (Wildman–Crippen MR) is 330 cm³/mol. The largest absolute Gasteiger partial charge is 0.462 e. The van der Waals surface area contributed by atoms with Gasteiger partial charge < -0.3 is 14.2 Å². The van der Waals surface area contributed by atoms with Gasteiger partial charge in [0.2, 0.25) is 0 Å². The van der Waals surface area contributed by atoms with Gasteiger partial charge in [-0.3, -0.25) is 14.4 Å². The molecular weight excluding hydrogens is 937 g/mol. The van der Waals surface area contributed by atoms with Crippen LogP contribution in [0.1, 0.15) is 284 Å². The summed E-state index contributed by atoms with van der Waals surface area (Å²) >= 11 is 0. The molecule has 0 aliphatic heterocycles. The van der Waals surface area contributed by atoms with Crippen molar-refractivity contribution in [3.63, 3.8) is 0 Å². The summed E-state index contributed by atoms with van der Waals surface area (Å²) in [6, 6.07) is 0. The first-order chi connectivity index (χ1) is 37.5. The van der Waals surface area contributed by atoms with E-state index in [1.165, 1.54) is 96.3 Å². The summed E-state index contributed by atoms with van der Waals surface area (Å²) in [7, 11) is 0. The first-order valence-electron chi connectivity index (χ1n) is 31.5. The van der Waals surface area contributed by atoms with Gasteiger partial charge in [-0.05, 0) is 116 Å². The maximum atomic E-state index is 12.8. The number of rotatable bonds is 56. The van der Waals surface area contributed by atoms with Crippen LogP contribution in [0.3, 0.4) is 0 Å². The summed E-state index contributed by atoms with van der Waals surface area (Å²) in [5.41, 5.74) is 0. The molecule has 0 N–H and O–H groups in total. The van der Waals surface area contributed by atoms with Gasteiger partial charge in [-0.25, -0.2) is 0 Å². The van der Waals surface area contributed by atoms with E-state index in [0.29, 0.717) is 19.3 Å². The summed E-state index contributed by atoms with van der Waals surface area (Å²) in [5, 5.41) is 0. The van der Waals surface area contributed by atoms with Crippen molar-refractivity contribution in [2.45, 2.75) is 290 Å². The first-order valence-corrected chi connectivity index (χ1v) is 31.5. The van der Waals surface area contributed by atoms with Gasteiger partial charge >= 0.3 is 17.9 Å². The van der Waals surface area contributed by atoms with Crippen LogP contribution in [-0.2, 0) is 28.6 Å². The zero-order valence-corrected chi connectivity index (χ0v) is 49.5. The third-order valence-corrected chi connectivity index (χ3v) is 13.2. The highest BCUT2D eigenvalue weighted by atomic mass is 16.6. The average molecular weight is 1050 g/mol. The van der Waals surface area contributed by atoms with E-state index in [1.54, 1.807) is 0 Å². The molecule has 0 bridgehead atoms. The van der Waals surface area contributed by atoms with E-state index in [0.717, 1.165) is 148 Å². The van der Waals surface area contributed by atoms with Crippen molar-refractivity contribution in [2.75, 3.05) is 13.2 Å². The highest BCUT2D eigenvalue weighted by molar-refractivity contribution is 5.71. The van der Waals surface area contributed by atoms with Crippen LogP contribution in [-0.4, -0.2) is 37.2 Å². The van der Waals surface area contributed by atoms with Crippen molar-refractivity contribution in [3.8, 4) is 0 Å². The fourth-order valence-corrected chi connectivity index (χ4v) is 8.49. The smallest absolute Gasteiger partial charge is 0.306 e. The Morgan fingerprint density at radius 2 is 0.513 bits per heavy atom. The summed E-state index contributed by atoms with van der Waals surface area (Å²) in [4.78, 5) is 38.1. The number of ether oxygens (including phenoxy) is 3. The Labute approximate surface area is 469 Å². The van der Waals surface area contributed by atoms with Crippen molar-refractivity contribution < 1.29 is 28.6 Å². The van der Waals surface area contributed by atoms with E-state index >= 15 is 0 Å². The molecule has 0 amide bonds. The molecule has 0 heterocycles. The van der Waals surface area contributed by atoms with Crippen LogP contribution in [0, 0.1) is 0 Å². The fourth-order valence-electron chi connectivity index (χ4n) is 8.49. The molecule has 1 atom stereocenters. The number of carbonyl (C=O) groups is 3. The summed E-state index contributed by atoms with van der Waals surface area (Å²) < 4.78 is 16.8. The number of unbranched alkanes of at least 4 members (excludes halogenated alkanes) is 25. The Morgan fingerprint density at radius 1 is 0.276 bits per heavy atom. The molecular formula is C70H116O6. The standard InChI is InChI=1S/C70H116O6/c1-4-7-10-13-16-19-22-24-26-27-28-29-30-31-32-33-34-35-36-37-38-39-40-41-42-43-45-46-48-51-54-57-60-63-69(72)75-66-67(65-74-68(71)62-59-56-53-50-21-18-15-12-9-6-3)76-70(73)64-61-58-55-52-49-47-44-25-23-20-17-14-11-8-5-2/h7,10,16,19,24-26,28-29,31-32,34-35,37-38,40-41,43-45,67H,4-6,8-9,11-15,17-18,20-23,27,30,33,36,39,42,46-66H2,1-3H3/b10-7-,19-16-,26-24-,29-28-,32-31-,35-34-,38-37-,41-40-,44-25-,45-43-. The molecule has 0 saturated carbocycles. The Kier molecular flexibility index (Phi) is 59.9. The highest BCUT2D eigenvalue weighted by Crippen LogP contribution is 2.15. The van der Waals surface area contributed by atoms with Gasteiger partial charge in [0.25, 0.3) is 0 Å². The van der Waals surface area contributed by atoms with Crippen LogP contribution in [0.4, 0.5) is 0 Å². The van der Waals surface area contributed by atoms with E-state index in [2.05, 4.69) is 142 Å². The maximum absolute atomic E-state index is 12.8. The maximum Gasteiger partial charge on any atom is 0.306 e. The molecule has 0 rings (SSSR count). The molecule has 1 unspecified atom stereocenters. The molecule has 0 aliphatic carbocycles. The van der Waals surface area contributed by atoms with Gasteiger partial charge in [0, 0.05) is 19.3 Å². The molecule has 432 valence electrons. The predicted octanol–water partition coefficient (Wildman–Crippen LogP) is 21.6. The molecule has 0 radical (unpaired) electrons. The van der Waals surface area contributed by atoms with E-state index in [9.17, 15) is 14.4 Å². The van der Waals surface area contributed by atoms with E-state index in [-0.39, 0.29) is 31.1 Å². The molecule has 76 heavy (non-hydrogen) atoms. The van der Waals surface area contributed by atoms with Gasteiger partial charge in [-0.15, -0.1) is 0 Å². The Bertz CT molecular complexity index is 1590. The molecule has 0 aromatic carbocycles. The Morgan fingerprint density at radius 3 is 0.816 bits per heavy atom. The van der Waals surface area contributed by atoms with Crippen LogP contribution in [0.15, 0.2) is 122 Å². The quantitative estimate of drug-likeness (QED) is 0.0261. The fraction of sp³-hybridized carbons (Fsp3) is 0.671. The molecule has 6 nitrogen and oxygen atoms in total. The van der Waals surface area contributed by atoms with Gasteiger partial charge in [-0.2, -0.15) is 0 Å². The molecule has 6 heteroatoms. The van der Waals surface area contributed by atoms with Gasteiger partial charge in [0.15, 0.2) is 6.10 Å². The van der Waals surface area contributed by atoms with Crippen LogP contribution >= 0.6 is 0 Å². The second-order valence-corrected chi connectivity index (χ2v) is 20.6. The zero-order chi connectivity index (χ0) is 55.0. The number of hydrogen-bond donors (Lipinski definition) is 0. The lowest BCUT2D eigenvalue weighted by Crippen LogP contribution is -2.30. The third-order valence-electron chi connectivity index (χ3n) is 13.2. The SMILES string of the molecule is CC/C=C\C/C=C\C/C=C\C/C=C\C/C=C\C/C=C\C/C=C\C/C=C\C/C=C\CCCCCCCC(=O)OCC(COC(=O)CCCCCCCCCCCC)OC(=O)CCCCCCC/C=C\CCCCCCCC. The summed E-state index contributed by atoms with van der Waals surface area (Å²) in [6.07, 6.45) is 87.8. The minimum Gasteiger partial charge on any atom is -0.462 e. The minimum atomic E-state index is -0.791. The molecule has 0 aromatic rings. The van der Waals surface area contributed by atoms with E-state index in [4.69, 9.17) is 14.2 Å². The van der Waals surface area contributed by atoms with Crippen LogP contribution in [0.25, 0.3) is 0 Å². The van der Waals surface area contributed by atoms with Crippen LogP contribution in [0.5, 0.6) is 0 Å². The van der Waals surface area contributed by atoms with E-state index < -0.39 is 6.10 Å². The normalized spacial score (nSPS) is 12.9. The lowest BCUT2D eigenvalue weighted by Gasteiger charge is -2.18.